The monoisotopic (exact) mass is 604 g/mol. The number of hydrogen-bond donors (Lipinski definition) is 0. The summed E-state index contributed by atoms with van der Waals surface area (Å²) in [6, 6.07) is 19.0. The quantitative estimate of drug-likeness (QED) is 0.166. The maximum Gasteiger partial charge on any atom is 0.311 e. The maximum absolute atomic E-state index is 13.4. The molecule has 0 saturated carbocycles. The van der Waals surface area contributed by atoms with E-state index < -0.39 is 4.92 Å². The Labute approximate surface area is 245 Å². The number of ether oxygens (including phenoxy) is 1. The van der Waals surface area contributed by atoms with Gasteiger partial charge < -0.3 is 4.74 Å². The van der Waals surface area contributed by atoms with Crippen molar-refractivity contribution in [2.45, 2.75) is 6.92 Å². The lowest BCUT2D eigenvalue weighted by molar-refractivity contribution is -0.385. The Bertz CT molecular complexity index is 2060. The number of fused-ring (bicyclic) bond motifs is 1. The van der Waals surface area contributed by atoms with Crippen LogP contribution >= 0.6 is 34.5 Å². The molecule has 0 aliphatic carbocycles. The molecule has 0 atom stereocenters. The van der Waals surface area contributed by atoms with Crippen LogP contribution in [0.15, 0.2) is 77.7 Å². The second kappa shape index (κ2) is 10.8. The van der Waals surface area contributed by atoms with Crippen LogP contribution in [-0.2, 0) is 0 Å². The highest BCUT2D eigenvalue weighted by atomic mass is 35.5. The fourth-order valence-electron chi connectivity index (χ4n) is 4.28. The van der Waals surface area contributed by atoms with Gasteiger partial charge in [-0.2, -0.15) is 14.6 Å². The fourth-order valence-corrected chi connectivity index (χ4v) is 5.67. The normalized spacial score (nSPS) is 11.8. The van der Waals surface area contributed by atoms with Crippen LogP contribution in [0.2, 0.25) is 10.0 Å². The van der Waals surface area contributed by atoms with Gasteiger partial charge in [-0.3, -0.25) is 14.9 Å². The second-order valence-electron chi connectivity index (χ2n) is 8.76. The highest BCUT2D eigenvalue weighted by Crippen LogP contribution is 2.34. The van der Waals surface area contributed by atoms with Gasteiger partial charge >= 0.3 is 5.69 Å². The number of nitro benzene ring substituents is 1. The van der Waals surface area contributed by atoms with E-state index in [4.69, 9.17) is 33.0 Å². The Morgan fingerprint density at radius 3 is 2.59 bits per heavy atom. The molecule has 3 aromatic heterocycles. The molecule has 0 unspecified atom stereocenters. The molecule has 3 heterocycles. The Morgan fingerprint density at radius 1 is 1.07 bits per heavy atom. The van der Waals surface area contributed by atoms with E-state index in [2.05, 4.69) is 10.1 Å². The van der Waals surface area contributed by atoms with Gasteiger partial charge in [-0.25, -0.2) is 4.68 Å². The van der Waals surface area contributed by atoms with Crippen molar-refractivity contribution in [2.24, 2.45) is 0 Å². The molecule has 0 N–H and O–H groups in total. The minimum atomic E-state index is -0.494. The zero-order chi connectivity index (χ0) is 28.7. The van der Waals surface area contributed by atoms with E-state index >= 15 is 0 Å². The fraction of sp³-hybridized carbons (Fsp3) is 0.0714. The van der Waals surface area contributed by atoms with Gasteiger partial charge in [0.25, 0.3) is 5.56 Å². The summed E-state index contributed by atoms with van der Waals surface area (Å²) in [4.78, 5) is 29.5. The molecule has 3 aromatic carbocycles. The predicted octanol–water partition coefficient (Wildman–Crippen LogP) is 5.83. The highest BCUT2D eigenvalue weighted by molar-refractivity contribution is 7.15. The molecule has 13 heteroatoms. The number of nitrogens with zero attached hydrogens (tertiary/aromatic N) is 6. The number of rotatable bonds is 7. The second-order valence-corrected chi connectivity index (χ2v) is 10.6. The number of nitro groups is 1. The van der Waals surface area contributed by atoms with Crippen LogP contribution in [-0.4, -0.2) is 35.9 Å². The molecule has 6 rings (SSSR count). The van der Waals surface area contributed by atoms with Gasteiger partial charge in [0, 0.05) is 34.0 Å². The van der Waals surface area contributed by atoms with Crippen LogP contribution in [0, 0.1) is 10.1 Å². The standard InChI is InChI=1S/C28H18Cl2N6O4S/c1-2-40-23-11-8-16(12-22(23)36(38)39)25-17(15-34(32-25)19-6-4-3-5-7-19)13-24-27(37)35-28(41-24)31-26(33-35)20-10-9-18(29)14-21(20)30/h3-15H,2H2,1H3. The lowest BCUT2D eigenvalue weighted by Gasteiger charge is -2.06. The van der Waals surface area contributed by atoms with Crippen LogP contribution in [0.25, 0.3) is 39.4 Å². The summed E-state index contributed by atoms with van der Waals surface area (Å²) >= 11 is 13.5. The van der Waals surface area contributed by atoms with Crippen LogP contribution in [0.4, 0.5) is 5.69 Å². The lowest BCUT2D eigenvalue weighted by atomic mass is 10.1. The molecule has 0 aliphatic heterocycles. The first-order valence-electron chi connectivity index (χ1n) is 12.3. The van der Waals surface area contributed by atoms with Gasteiger partial charge in [-0.1, -0.05) is 52.7 Å². The van der Waals surface area contributed by atoms with Crippen molar-refractivity contribution in [2.75, 3.05) is 6.61 Å². The van der Waals surface area contributed by atoms with Crippen molar-refractivity contribution in [3.63, 3.8) is 0 Å². The average molecular weight is 605 g/mol. The van der Waals surface area contributed by atoms with Gasteiger partial charge in [-0.05, 0) is 55.5 Å². The van der Waals surface area contributed by atoms with E-state index in [1.165, 1.54) is 10.6 Å². The third kappa shape index (κ3) is 5.06. The summed E-state index contributed by atoms with van der Waals surface area (Å²) in [5.74, 6) is 0.471. The number of benzene rings is 3. The number of hydrogen-bond acceptors (Lipinski definition) is 8. The molecular formula is C28H18Cl2N6O4S. The molecule has 0 radical (unpaired) electrons. The molecule has 0 amide bonds. The predicted molar refractivity (Wildman–Crippen MR) is 158 cm³/mol. The van der Waals surface area contributed by atoms with E-state index in [1.54, 1.807) is 54.2 Å². The number of halogens is 2. The first kappa shape index (κ1) is 26.6. The largest absolute Gasteiger partial charge is 0.487 e. The summed E-state index contributed by atoms with van der Waals surface area (Å²) < 4.78 is 8.68. The molecule has 41 heavy (non-hydrogen) atoms. The van der Waals surface area contributed by atoms with Gasteiger partial charge in [0.05, 0.1) is 26.8 Å². The molecule has 0 fully saturated rings. The zero-order valence-corrected chi connectivity index (χ0v) is 23.5. The first-order valence-corrected chi connectivity index (χ1v) is 13.8. The lowest BCUT2D eigenvalue weighted by Crippen LogP contribution is -2.23. The molecule has 0 aliphatic rings. The van der Waals surface area contributed by atoms with Gasteiger partial charge in [-0.15, -0.1) is 5.10 Å². The van der Waals surface area contributed by atoms with Crippen molar-refractivity contribution in [3.05, 3.63) is 114 Å². The smallest absolute Gasteiger partial charge is 0.311 e. The molecule has 10 nitrogen and oxygen atoms in total. The van der Waals surface area contributed by atoms with Crippen LogP contribution in [0.5, 0.6) is 5.75 Å². The zero-order valence-electron chi connectivity index (χ0n) is 21.2. The topological polar surface area (TPSA) is 117 Å². The summed E-state index contributed by atoms with van der Waals surface area (Å²) in [5.41, 5.74) is 2.31. The average Bonchev–Trinajstić information content (AvgIpc) is 3.64. The summed E-state index contributed by atoms with van der Waals surface area (Å²) in [5, 5.41) is 21.7. The van der Waals surface area contributed by atoms with Gasteiger partial charge in [0.15, 0.2) is 11.6 Å². The van der Waals surface area contributed by atoms with E-state index in [0.29, 0.717) is 47.7 Å². The summed E-state index contributed by atoms with van der Waals surface area (Å²) in [6.45, 7) is 2.04. The van der Waals surface area contributed by atoms with Gasteiger partial charge in [0.2, 0.25) is 4.96 Å². The summed E-state index contributed by atoms with van der Waals surface area (Å²) in [7, 11) is 0. The first-order chi connectivity index (χ1) is 19.8. The van der Waals surface area contributed by atoms with Gasteiger partial charge in [0.1, 0.15) is 5.69 Å². The third-order valence-electron chi connectivity index (χ3n) is 6.13. The van der Waals surface area contributed by atoms with Crippen molar-refractivity contribution in [1.29, 1.82) is 0 Å². The van der Waals surface area contributed by atoms with E-state index in [0.717, 1.165) is 17.0 Å². The third-order valence-corrected chi connectivity index (χ3v) is 7.64. The number of thiazole rings is 1. The maximum atomic E-state index is 13.4. The highest BCUT2D eigenvalue weighted by Gasteiger charge is 2.20. The molecule has 6 aromatic rings. The van der Waals surface area contributed by atoms with Crippen LogP contribution < -0.4 is 14.8 Å². The summed E-state index contributed by atoms with van der Waals surface area (Å²) in [6.07, 6.45) is 3.45. The van der Waals surface area contributed by atoms with Crippen LogP contribution in [0.3, 0.4) is 0 Å². The van der Waals surface area contributed by atoms with E-state index in [9.17, 15) is 14.9 Å². The van der Waals surface area contributed by atoms with Crippen molar-refractivity contribution >= 4 is 51.3 Å². The molecule has 0 bridgehead atoms. The SMILES string of the molecule is CCOc1ccc(-c2nn(-c3ccccc3)cc2C=c2sc3nc(-c4ccc(Cl)cc4Cl)nn3c2=O)cc1[N+](=O)[O-]. The number of aromatic nitrogens is 5. The Morgan fingerprint density at radius 2 is 1.88 bits per heavy atom. The minimum absolute atomic E-state index is 0.165. The molecule has 0 spiro atoms. The Hall–Kier alpha value is -4.58. The Balaban J connectivity index is 1.50. The number of para-hydroxylation sites is 1. The molecular weight excluding hydrogens is 587 g/mol. The van der Waals surface area contributed by atoms with Crippen molar-refractivity contribution in [3.8, 4) is 34.1 Å². The van der Waals surface area contributed by atoms with Crippen LogP contribution in [0.1, 0.15) is 12.5 Å². The Kier molecular flexibility index (Phi) is 7.00. The van der Waals surface area contributed by atoms with Crippen molar-refractivity contribution in [1.82, 2.24) is 24.4 Å². The van der Waals surface area contributed by atoms with E-state index in [-0.39, 0.29) is 23.6 Å². The molecule has 0 saturated heterocycles. The van der Waals surface area contributed by atoms with E-state index in [1.807, 2.05) is 30.3 Å². The van der Waals surface area contributed by atoms with Crippen molar-refractivity contribution < 1.29 is 9.66 Å². The molecule has 204 valence electrons. The minimum Gasteiger partial charge on any atom is -0.487 e.